The summed E-state index contributed by atoms with van der Waals surface area (Å²) in [5.41, 5.74) is -0.337. The van der Waals surface area contributed by atoms with Gasteiger partial charge >= 0.3 is 0 Å². The van der Waals surface area contributed by atoms with Crippen molar-refractivity contribution >= 4 is 6.09 Å². The highest BCUT2D eigenvalue weighted by Gasteiger charge is 2.46. The van der Waals surface area contributed by atoms with E-state index >= 15 is 0 Å². The van der Waals surface area contributed by atoms with Crippen molar-refractivity contribution < 1.29 is 19.1 Å². The van der Waals surface area contributed by atoms with Gasteiger partial charge in [0.2, 0.25) is 0 Å². The lowest BCUT2D eigenvalue weighted by atomic mass is 9.95. The third kappa shape index (κ3) is 2.16. The van der Waals surface area contributed by atoms with Crippen molar-refractivity contribution in [3.63, 3.8) is 0 Å². The molecule has 0 aromatic carbocycles. The lowest BCUT2D eigenvalue weighted by Gasteiger charge is -2.51. The smallest absolute Gasteiger partial charge is 0.257 e. The number of carboxylic acid groups (broad SMARTS) is 1. The molecule has 0 spiro atoms. The quantitative estimate of drug-likeness (QED) is 0.607. The normalized spacial score (nSPS) is 32.7. The predicted molar refractivity (Wildman–Crippen MR) is 55.2 cm³/mol. The van der Waals surface area contributed by atoms with Gasteiger partial charge in [-0.3, -0.25) is 4.48 Å². The molecule has 1 heterocycles. The molecule has 1 saturated heterocycles. The van der Waals surface area contributed by atoms with E-state index in [1.165, 1.54) is 0 Å². The van der Waals surface area contributed by atoms with Gasteiger partial charge in [0.25, 0.3) is 6.09 Å². The number of ether oxygens (including phenoxy) is 1. The maximum absolute atomic E-state index is 11.4. The van der Waals surface area contributed by atoms with Gasteiger partial charge in [-0.05, 0) is 33.6 Å². The molecule has 0 bridgehead atoms. The van der Waals surface area contributed by atoms with E-state index in [-0.39, 0.29) is 16.1 Å². The summed E-state index contributed by atoms with van der Waals surface area (Å²) in [4.78, 5) is 11.4. The van der Waals surface area contributed by atoms with Crippen LogP contribution >= 0.6 is 0 Å². The van der Waals surface area contributed by atoms with Gasteiger partial charge in [-0.25, -0.2) is 0 Å². The molecule has 1 fully saturated rings. The molecule has 2 atom stereocenters. The van der Waals surface area contributed by atoms with E-state index in [9.17, 15) is 9.90 Å². The van der Waals surface area contributed by atoms with E-state index in [1.807, 2.05) is 20.8 Å². The van der Waals surface area contributed by atoms with Crippen LogP contribution in [0.15, 0.2) is 0 Å². The van der Waals surface area contributed by atoms with Crippen molar-refractivity contribution in [1.82, 2.24) is 0 Å². The number of quaternary nitrogens is 1. The first-order valence-corrected chi connectivity index (χ1v) is 5.45. The number of likely N-dealkylation sites (tertiary alicyclic amines) is 1. The number of hydrogen-bond acceptors (Lipinski definition) is 3. The Labute approximate surface area is 91.4 Å². The molecular formula is C11H21NO3. The first kappa shape index (κ1) is 12.5. The van der Waals surface area contributed by atoms with Gasteiger partial charge in [-0.2, -0.15) is 0 Å². The molecule has 0 aliphatic carbocycles. The Balaban J connectivity index is 2.96. The molecule has 15 heavy (non-hydrogen) atoms. The van der Waals surface area contributed by atoms with Gasteiger partial charge < -0.3 is 14.6 Å². The number of carbonyl (C=O) groups is 1. The number of hydrogen-bond donors (Lipinski definition) is 0. The summed E-state index contributed by atoms with van der Waals surface area (Å²) in [6.45, 7) is 7.00. The molecule has 0 radical (unpaired) electrons. The Morgan fingerprint density at radius 2 is 2.07 bits per heavy atom. The predicted octanol–water partition coefficient (Wildman–Crippen LogP) is 0.754. The Bertz CT molecular complexity index is 247. The standard InChI is InChI=1S/C11H21NO3/c1-11(2,3)12(10(13)14)7-5-6-9(8-12)15-4/h9H,5-8H2,1-4H3/t9-,12?/m0/s1. The van der Waals surface area contributed by atoms with Gasteiger partial charge in [0.1, 0.15) is 12.6 Å². The molecular weight excluding hydrogens is 194 g/mol. The first-order chi connectivity index (χ1) is 6.83. The molecule has 0 aromatic heterocycles. The summed E-state index contributed by atoms with van der Waals surface area (Å²) in [6.07, 6.45) is 0.879. The molecule has 0 N–H and O–H groups in total. The summed E-state index contributed by atoms with van der Waals surface area (Å²) in [7, 11) is 1.64. The third-order valence-electron chi connectivity index (χ3n) is 3.55. The van der Waals surface area contributed by atoms with E-state index < -0.39 is 6.09 Å². The molecule has 1 aliphatic rings. The number of rotatable bonds is 1. The second kappa shape index (κ2) is 4.10. The van der Waals surface area contributed by atoms with Crippen LogP contribution < -0.4 is 5.11 Å². The Hall–Kier alpha value is -0.610. The monoisotopic (exact) mass is 215 g/mol. The second-order valence-corrected chi connectivity index (χ2v) is 5.31. The van der Waals surface area contributed by atoms with Crippen molar-refractivity contribution in [1.29, 1.82) is 0 Å². The molecule has 0 saturated carbocycles. The van der Waals surface area contributed by atoms with Crippen LogP contribution in [-0.2, 0) is 4.74 Å². The van der Waals surface area contributed by atoms with Gasteiger partial charge in [0.05, 0.1) is 12.1 Å². The first-order valence-electron chi connectivity index (χ1n) is 5.45. The highest BCUT2D eigenvalue weighted by atomic mass is 16.5. The molecule has 4 heteroatoms. The highest BCUT2D eigenvalue weighted by Crippen LogP contribution is 2.30. The average molecular weight is 215 g/mol. The Morgan fingerprint density at radius 3 is 2.47 bits per heavy atom. The zero-order valence-corrected chi connectivity index (χ0v) is 10.1. The fraction of sp³-hybridized carbons (Fsp3) is 0.909. The Kier molecular flexibility index (Phi) is 3.41. The summed E-state index contributed by atoms with van der Waals surface area (Å²) in [5.74, 6) is 0. The molecule has 0 aromatic rings. The fourth-order valence-corrected chi connectivity index (χ4v) is 2.36. The van der Waals surface area contributed by atoms with Gasteiger partial charge in [0.15, 0.2) is 0 Å². The van der Waals surface area contributed by atoms with Crippen LogP contribution in [0.3, 0.4) is 0 Å². The van der Waals surface area contributed by atoms with Crippen molar-refractivity contribution in [2.75, 3.05) is 20.2 Å². The third-order valence-corrected chi connectivity index (χ3v) is 3.55. The molecule has 88 valence electrons. The van der Waals surface area contributed by atoms with Gasteiger partial charge in [0, 0.05) is 7.11 Å². The van der Waals surface area contributed by atoms with Crippen molar-refractivity contribution in [2.24, 2.45) is 0 Å². The lowest BCUT2D eigenvalue weighted by Crippen LogP contribution is -2.71. The van der Waals surface area contributed by atoms with Crippen LogP contribution in [-0.4, -0.2) is 42.4 Å². The SMILES string of the molecule is CO[C@H]1CCC[N+](C(=O)[O-])(C(C)(C)C)C1. The largest absolute Gasteiger partial charge is 0.498 e. The van der Waals surface area contributed by atoms with Crippen LogP contribution in [0.4, 0.5) is 4.79 Å². The molecule has 1 aliphatic heterocycles. The zero-order chi connectivity index (χ0) is 11.7. The van der Waals surface area contributed by atoms with E-state index in [4.69, 9.17) is 4.74 Å². The van der Waals surface area contributed by atoms with Crippen LogP contribution in [0.2, 0.25) is 0 Å². The number of methoxy groups -OCH3 is 1. The Morgan fingerprint density at radius 1 is 1.47 bits per heavy atom. The van der Waals surface area contributed by atoms with E-state index in [2.05, 4.69) is 0 Å². The van der Waals surface area contributed by atoms with E-state index in [0.29, 0.717) is 13.1 Å². The number of piperidine rings is 1. The minimum absolute atomic E-state index is 0.00546. The topological polar surface area (TPSA) is 49.4 Å². The second-order valence-electron chi connectivity index (χ2n) is 5.31. The number of amides is 1. The zero-order valence-electron chi connectivity index (χ0n) is 10.1. The average Bonchev–Trinajstić information content (AvgIpc) is 2.16. The van der Waals surface area contributed by atoms with Crippen molar-refractivity contribution in [3.8, 4) is 0 Å². The maximum atomic E-state index is 11.4. The van der Waals surface area contributed by atoms with Crippen molar-refractivity contribution in [2.45, 2.75) is 45.3 Å². The van der Waals surface area contributed by atoms with E-state index in [1.54, 1.807) is 7.11 Å². The number of nitrogens with zero attached hydrogens (tertiary/aromatic N) is 1. The minimum Gasteiger partial charge on any atom is -0.498 e. The number of carbonyl (C=O) groups excluding carboxylic acids is 1. The van der Waals surface area contributed by atoms with Crippen LogP contribution in [0.5, 0.6) is 0 Å². The summed E-state index contributed by atoms with van der Waals surface area (Å²) in [6, 6.07) is 0. The minimum atomic E-state index is -0.982. The molecule has 1 rings (SSSR count). The van der Waals surface area contributed by atoms with Gasteiger partial charge in [-0.1, -0.05) is 0 Å². The summed E-state index contributed by atoms with van der Waals surface area (Å²) in [5, 5.41) is 11.4. The van der Waals surface area contributed by atoms with E-state index in [0.717, 1.165) is 12.8 Å². The molecule has 1 unspecified atom stereocenters. The highest BCUT2D eigenvalue weighted by molar-refractivity contribution is 5.54. The summed E-state index contributed by atoms with van der Waals surface area (Å²) >= 11 is 0. The van der Waals surface area contributed by atoms with Crippen LogP contribution in [0, 0.1) is 0 Å². The maximum Gasteiger partial charge on any atom is 0.257 e. The van der Waals surface area contributed by atoms with Crippen LogP contribution in [0.1, 0.15) is 33.6 Å². The molecule has 4 nitrogen and oxygen atoms in total. The van der Waals surface area contributed by atoms with Crippen LogP contribution in [0.25, 0.3) is 0 Å². The summed E-state index contributed by atoms with van der Waals surface area (Å²) < 4.78 is 5.29. The van der Waals surface area contributed by atoms with Crippen molar-refractivity contribution in [3.05, 3.63) is 0 Å². The lowest BCUT2D eigenvalue weighted by molar-refractivity contribution is -0.926. The molecule has 1 amide bonds. The van der Waals surface area contributed by atoms with Gasteiger partial charge in [-0.15, -0.1) is 0 Å². The fourth-order valence-electron chi connectivity index (χ4n) is 2.36.